The topological polar surface area (TPSA) is 84.1 Å². The minimum atomic E-state index is -0.979. The number of benzene rings is 1. The minimum absolute atomic E-state index is 0.204. The van der Waals surface area contributed by atoms with Crippen molar-refractivity contribution >= 4 is 35.1 Å². The Morgan fingerprint density at radius 3 is 2.64 bits per heavy atom. The molecule has 1 aromatic carbocycles. The summed E-state index contributed by atoms with van der Waals surface area (Å²) in [5.41, 5.74) is 1.87. The van der Waals surface area contributed by atoms with Crippen LogP contribution in [0.2, 0.25) is 5.02 Å². The second kappa shape index (κ2) is 7.60. The van der Waals surface area contributed by atoms with Crippen molar-refractivity contribution in [1.82, 2.24) is 8.86 Å². The van der Waals surface area contributed by atoms with E-state index in [1.807, 2.05) is 0 Å². The number of halogens is 1. The molecule has 0 aliphatic carbocycles. The largest absolute Gasteiger partial charge is 0.496 e. The van der Waals surface area contributed by atoms with Gasteiger partial charge in [-0.15, -0.1) is 0 Å². The highest BCUT2D eigenvalue weighted by molar-refractivity contribution is 7.04. The highest BCUT2D eigenvalue weighted by Gasteiger charge is 2.29. The number of rotatable bonds is 2. The molecule has 0 bridgehead atoms. The van der Waals surface area contributed by atoms with Gasteiger partial charge in [0, 0.05) is 34.8 Å². The zero-order valence-electron chi connectivity index (χ0n) is 16.2. The first kappa shape index (κ1) is 20.4. The standard InChI is InChI=1S/C19H22ClN3O4S/c1-19(2,3)23-14-7-8-22(18(25)26)10-13(14)17(28-23)21-16(24)12-9-11(20)5-6-15(12)27-4/h5-6,9H,7-8,10H2,1-4H3,(H,25,26)/b21-17-. The van der Waals surface area contributed by atoms with Gasteiger partial charge in [-0.3, -0.25) is 8.75 Å². The number of carbonyl (C=O) groups excluding carboxylic acids is 1. The Hall–Kier alpha value is -2.32. The molecule has 28 heavy (non-hydrogen) atoms. The highest BCUT2D eigenvalue weighted by atomic mass is 35.5. The van der Waals surface area contributed by atoms with Crippen LogP contribution in [-0.4, -0.2) is 39.6 Å². The molecule has 1 aliphatic rings. The molecule has 0 fully saturated rings. The Bertz CT molecular complexity index is 1000. The van der Waals surface area contributed by atoms with Crippen LogP contribution in [0.15, 0.2) is 23.2 Å². The van der Waals surface area contributed by atoms with Gasteiger partial charge in [0.25, 0.3) is 5.91 Å². The fourth-order valence-corrected chi connectivity index (χ4v) is 4.50. The van der Waals surface area contributed by atoms with Gasteiger partial charge >= 0.3 is 6.09 Å². The molecule has 1 N–H and O–H groups in total. The second-order valence-corrected chi connectivity index (χ2v) is 8.87. The van der Waals surface area contributed by atoms with E-state index in [-0.39, 0.29) is 17.6 Å². The molecule has 150 valence electrons. The number of methoxy groups -OCH3 is 1. The van der Waals surface area contributed by atoms with Crippen molar-refractivity contribution in [3.8, 4) is 5.75 Å². The number of hydrogen-bond donors (Lipinski definition) is 1. The zero-order chi connectivity index (χ0) is 20.6. The molecule has 1 aliphatic heterocycles. The van der Waals surface area contributed by atoms with Gasteiger partial charge in [0.05, 0.1) is 19.2 Å². The van der Waals surface area contributed by atoms with E-state index in [1.54, 1.807) is 12.1 Å². The van der Waals surface area contributed by atoms with Crippen molar-refractivity contribution < 1.29 is 19.4 Å². The molecule has 2 amide bonds. The van der Waals surface area contributed by atoms with Crippen LogP contribution in [0, 0.1) is 0 Å². The lowest BCUT2D eigenvalue weighted by atomic mass is 10.0. The van der Waals surface area contributed by atoms with Crippen molar-refractivity contribution in [2.45, 2.75) is 39.3 Å². The third kappa shape index (κ3) is 3.93. The number of carboxylic acid groups (broad SMARTS) is 1. The zero-order valence-corrected chi connectivity index (χ0v) is 17.7. The minimum Gasteiger partial charge on any atom is -0.496 e. The lowest BCUT2D eigenvalue weighted by Crippen LogP contribution is -2.37. The molecule has 2 aromatic rings. The van der Waals surface area contributed by atoms with Crippen LogP contribution in [0.3, 0.4) is 0 Å². The van der Waals surface area contributed by atoms with Crippen LogP contribution in [0.4, 0.5) is 4.79 Å². The molecule has 7 nitrogen and oxygen atoms in total. The third-order valence-corrected chi connectivity index (χ3v) is 6.17. The number of carbonyl (C=O) groups is 2. The molecule has 0 saturated heterocycles. The summed E-state index contributed by atoms with van der Waals surface area (Å²) in [6.45, 7) is 6.84. The monoisotopic (exact) mass is 423 g/mol. The van der Waals surface area contributed by atoms with Gasteiger partial charge in [0.2, 0.25) is 0 Å². The van der Waals surface area contributed by atoms with E-state index >= 15 is 0 Å². The molecule has 0 unspecified atom stereocenters. The molecule has 0 saturated carbocycles. The van der Waals surface area contributed by atoms with Crippen molar-refractivity contribution in [2.24, 2.45) is 4.99 Å². The van der Waals surface area contributed by atoms with E-state index in [9.17, 15) is 14.7 Å². The summed E-state index contributed by atoms with van der Waals surface area (Å²) in [4.78, 5) is 30.0. The Balaban J connectivity index is 2.14. The van der Waals surface area contributed by atoms with E-state index < -0.39 is 12.0 Å². The molecule has 2 heterocycles. The van der Waals surface area contributed by atoms with Crippen molar-refractivity contribution in [1.29, 1.82) is 0 Å². The Labute approximate surface area is 172 Å². The van der Waals surface area contributed by atoms with Gasteiger partial charge in [-0.1, -0.05) is 11.6 Å². The molecule has 0 spiro atoms. The first-order valence-electron chi connectivity index (χ1n) is 8.77. The second-order valence-electron chi connectivity index (χ2n) is 7.50. The van der Waals surface area contributed by atoms with E-state index in [0.29, 0.717) is 28.4 Å². The highest BCUT2D eigenvalue weighted by Crippen LogP contribution is 2.27. The number of aromatic nitrogens is 1. The predicted molar refractivity (Wildman–Crippen MR) is 107 cm³/mol. The number of ether oxygens (including phenoxy) is 1. The number of nitrogens with zero attached hydrogens (tertiary/aromatic N) is 3. The van der Waals surface area contributed by atoms with Gasteiger partial charge < -0.3 is 14.7 Å². The Kier molecular flexibility index (Phi) is 5.54. The molecule has 3 rings (SSSR count). The maximum atomic E-state index is 12.9. The molecule has 0 radical (unpaired) electrons. The Morgan fingerprint density at radius 2 is 2.04 bits per heavy atom. The molecule has 0 atom stereocenters. The van der Waals surface area contributed by atoms with Crippen molar-refractivity contribution in [2.75, 3.05) is 13.7 Å². The lowest BCUT2D eigenvalue weighted by molar-refractivity contribution is 0.0996. The molecular formula is C19H22ClN3O4S. The quantitative estimate of drug-likeness (QED) is 0.797. The van der Waals surface area contributed by atoms with Crippen LogP contribution in [0.25, 0.3) is 0 Å². The lowest BCUT2D eigenvalue weighted by Gasteiger charge is -2.28. The van der Waals surface area contributed by atoms with Crippen molar-refractivity contribution in [3.05, 3.63) is 44.7 Å². The first-order valence-corrected chi connectivity index (χ1v) is 9.92. The maximum absolute atomic E-state index is 12.9. The maximum Gasteiger partial charge on any atom is 0.407 e. The average Bonchev–Trinajstić information content (AvgIpc) is 2.99. The summed E-state index contributed by atoms with van der Waals surface area (Å²) in [5, 5.41) is 9.79. The summed E-state index contributed by atoms with van der Waals surface area (Å²) < 4.78 is 7.88. The normalized spacial score (nSPS) is 14.8. The van der Waals surface area contributed by atoms with Crippen molar-refractivity contribution in [3.63, 3.8) is 0 Å². The van der Waals surface area contributed by atoms with Gasteiger partial charge in [-0.05, 0) is 50.5 Å². The van der Waals surface area contributed by atoms with Crippen LogP contribution < -0.4 is 9.41 Å². The summed E-state index contributed by atoms with van der Waals surface area (Å²) >= 11 is 7.40. The van der Waals surface area contributed by atoms with E-state index in [2.05, 4.69) is 29.7 Å². The number of fused-ring (bicyclic) bond motifs is 1. The molecule has 9 heteroatoms. The summed E-state index contributed by atoms with van der Waals surface area (Å²) in [5.74, 6) is -0.0867. The Morgan fingerprint density at radius 1 is 1.32 bits per heavy atom. The van der Waals surface area contributed by atoms with Crippen LogP contribution >= 0.6 is 23.1 Å². The summed E-state index contributed by atoms with van der Waals surface area (Å²) in [6, 6.07) is 4.78. The SMILES string of the molecule is COc1ccc(Cl)cc1C(=O)/N=c1\sn(C(C)(C)C)c2c1CN(C(=O)O)CC2. The fraction of sp³-hybridized carbons (Fsp3) is 0.421. The number of amides is 2. The fourth-order valence-electron chi connectivity index (χ4n) is 3.16. The average molecular weight is 424 g/mol. The van der Waals surface area contributed by atoms with Gasteiger partial charge in [-0.2, -0.15) is 4.99 Å². The third-order valence-electron chi connectivity index (χ3n) is 4.47. The van der Waals surface area contributed by atoms with E-state index in [4.69, 9.17) is 16.3 Å². The van der Waals surface area contributed by atoms with Crippen LogP contribution in [0.5, 0.6) is 5.75 Å². The number of hydrogen-bond acceptors (Lipinski definition) is 4. The smallest absolute Gasteiger partial charge is 0.407 e. The first-order chi connectivity index (χ1) is 13.1. The summed E-state index contributed by atoms with van der Waals surface area (Å²) in [7, 11) is 1.48. The van der Waals surface area contributed by atoms with Crippen LogP contribution in [0.1, 0.15) is 42.4 Å². The van der Waals surface area contributed by atoms with Gasteiger partial charge in [0.1, 0.15) is 10.4 Å². The van der Waals surface area contributed by atoms with Gasteiger partial charge in [0.15, 0.2) is 0 Å². The van der Waals surface area contributed by atoms with Gasteiger partial charge in [-0.25, -0.2) is 4.79 Å². The van der Waals surface area contributed by atoms with E-state index in [1.165, 1.54) is 29.6 Å². The van der Waals surface area contributed by atoms with E-state index in [0.717, 1.165) is 11.3 Å². The van der Waals surface area contributed by atoms with Crippen LogP contribution in [-0.2, 0) is 18.5 Å². The summed E-state index contributed by atoms with van der Waals surface area (Å²) in [6.07, 6.45) is -0.396. The molecule has 1 aromatic heterocycles. The molecular weight excluding hydrogens is 402 g/mol. The predicted octanol–water partition coefficient (Wildman–Crippen LogP) is 3.74.